The molecule has 0 aliphatic rings. The zero-order chi connectivity index (χ0) is 18.6. The lowest BCUT2D eigenvalue weighted by molar-refractivity contribution is 0.233. The maximum atomic E-state index is 9.52. The minimum Gasteiger partial charge on any atom is -0.437 e. The van der Waals surface area contributed by atoms with Crippen molar-refractivity contribution >= 4 is 29.0 Å². The van der Waals surface area contributed by atoms with Crippen LogP contribution in [0, 0.1) is 12.3 Å². The average Bonchev–Trinajstić information content (AvgIpc) is 2.52. The minimum atomic E-state index is -0.0302. The molecule has 0 atom stereocenters. The number of pyridine rings is 1. The molecule has 0 fully saturated rings. The van der Waals surface area contributed by atoms with E-state index in [1.54, 1.807) is 24.3 Å². The summed E-state index contributed by atoms with van der Waals surface area (Å²) in [6.07, 6.45) is 0. The Morgan fingerprint density at radius 2 is 1.96 bits per heavy atom. The standard InChI is InChI=1S/C18H21Cl2N3O2/c1-11-5-7-13(16(23-24)21-10-18(2,3)4)17(22-11)25-15-9-12(19)6-8-14(15)20/h5-9,24H,10H2,1-4H3,(H,21,23). The number of amidine groups is 1. The minimum absolute atomic E-state index is 0.0302. The topological polar surface area (TPSA) is 66.7 Å². The first-order valence-corrected chi connectivity index (χ1v) is 8.51. The van der Waals surface area contributed by atoms with Crippen LogP contribution in [0.25, 0.3) is 0 Å². The monoisotopic (exact) mass is 381 g/mol. The predicted molar refractivity (Wildman–Crippen MR) is 101 cm³/mol. The Hall–Kier alpha value is -1.82. The van der Waals surface area contributed by atoms with Crippen molar-refractivity contribution in [2.75, 3.05) is 6.54 Å². The molecular formula is C18H21Cl2N3O2. The van der Waals surface area contributed by atoms with Crippen molar-refractivity contribution < 1.29 is 9.94 Å². The van der Waals surface area contributed by atoms with Crippen LogP contribution in [0.4, 0.5) is 0 Å². The van der Waals surface area contributed by atoms with E-state index in [9.17, 15) is 5.21 Å². The molecule has 0 aliphatic heterocycles. The summed E-state index contributed by atoms with van der Waals surface area (Å²) in [7, 11) is 0. The Morgan fingerprint density at radius 1 is 1.24 bits per heavy atom. The third kappa shape index (κ3) is 5.59. The number of hydroxylamine groups is 1. The molecule has 5 nitrogen and oxygen atoms in total. The molecule has 134 valence electrons. The Kier molecular flexibility index (Phi) is 6.27. The molecule has 2 rings (SSSR count). The molecule has 0 amide bonds. The molecule has 0 unspecified atom stereocenters. The van der Waals surface area contributed by atoms with Crippen molar-refractivity contribution in [1.29, 1.82) is 0 Å². The lowest BCUT2D eigenvalue weighted by Crippen LogP contribution is -2.24. The summed E-state index contributed by atoms with van der Waals surface area (Å²) >= 11 is 12.2. The van der Waals surface area contributed by atoms with E-state index in [0.717, 1.165) is 5.69 Å². The molecule has 0 saturated heterocycles. The van der Waals surface area contributed by atoms with E-state index in [1.807, 2.05) is 13.0 Å². The van der Waals surface area contributed by atoms with E-state index in [2.05, 4.69) is 36.2 Å². The lowest BCUT2D eigenvalue weighted by atomic mass is 9.97. The Bertz CT molecular complexity index is 786. The smallest absolute Gasteiger partial charge is 0.230 e. The maximum Gasteiger partial charge on any atom is 0.230 e. The highest BCUT2D eigenvalue weighted by molar-refractivity contribution is 6.34. The van der Waals surface area contributed by atoms with Crippen LogP contribution in [-0.2, 0) is 0 Å². The summed E-state index contributed by atoms with van der Waals surface area (Å²) in [6, 6.07) is 8.52. The number of nitrogens with zero attached hydrogens (tertiary/aromatic N) is 2. The quantitative estimate of drug-likeness (QED) is 0.430. The van der Waals surface area contributed by atoms with Gasteiger partial charge >= 0.3 is 0 Å². The van der Waals surface area contributed by atoms with Crippen molar-refractivity contribution in [3.8, 4) is 11.6 Å². The van der Waals surface area contributed by atoms with Gasteiger partial charge < -0.3 is 4.74 Å². The molecular weight excluding hydrogens is 361 g/mol. The lowest BCUT2D eigenvalue weighted by Gasteiger charge is -2.17. The summed E-state index contributed by atoms with van der Waals surface area (Å²) in [5.41, 5.74) is 3.38. The van der Waals surface area contributed by atoms with Crippen LogP contribution < -0.4 is 10.2 Å². The SMILES string of the molecule is Cc1ccc(C(=NCC(C)(C)C)NO)c(Oc2cc(Cl)ccc2Cl)n1. The molecule has 1 aromatic carbocycles. The van der Waals surface area contributed by atoms with Gasteiger partial charge in [-0.15, -0.1) is 0 Å². The van der Waals surface area contributed by atoms with Crippen LogP contribution in [0.5, 0.6) is 11.6 Å². The zero-order valence-electron chi connectivity index (χ0n) is 14.6. The highest BCUT2D eigenvalue weighted by Crippen LogP contribution is 2.32. The number of hydrogen-bond acceptors (Lipinski definition) is 4. The normalized spacial score (nSPS) is 12.2. The largest absolute Gasteiger partial charge is 0.437 e. The van der Waals surface area contributed by atoms with Gasteiger partial charge in [-0.1, -0.05) is 44.0 Å². The Balaban J connectivity index is 2.44. The highest BCUT2D eigenvalue weighted by Gasteiger charge is 2.17. The number of nitrogens with one attached hydrogen (secondary N) is 1. The van der Waals surface area contributed by atoms with E-state index < -0.39 is 0 Å². The Labute approximate surface area is 157 Å². The molecule has 7 heteroatoms. The van der Waals surface area contributed by atoms with Gasteiger partial charge in [0.2, 0.25) is 5.88 Å². The molecule has 1 aromatic heterocycles. The summed E-state index contributed by atoms with van der Waals surface area (Å²) in [6.45, 7) is 8.53. The second-order valence-corrected chi connectivity index (χ2v) is 7.66. The molecule has 0 radical (unpaired) electrons. The highest BCUT2D eigenvalue weighted by atomic mass is 35.5. The fraction of sp³-hybridized carbons (Fsp3) is 0.333. The van der Waals surface area contributed by atoms with E-state index in [4.69, 9.17) is 27.9 Å². The van der Waals surface area contributed by atoms with Gasteiger partial charge in [0.15, 0.2) is 5.84 Å². The van der Waals surface area contributed by atoms with Gasteiger partial charge in [-0.2, -0.15) is 0 Å². The second-order valence-electron chi connectivity index (χ2n) is 6.82. The number of halogens is 2. The molecule has 0 spiro atoms. The fourth-order valence-electron chi connectivity index (χ4n) is 1.95. The van der Waals surface area contributed by atoms with Crippen molar-refractivity contribution in [2.24, 2.45) is 10.4 Å². The van der Waals surface area contributed by atoms with Crippen molar-refractivity contribution in [3.05, 3.63) is 51.6 Å². The Morgan fingerprint density at radius 3 is 2.60 bits per heavy atom. The van der Waals surface area contributed by atoms with Crippen LogP contribution in [-0.4, -0.2) is 22.6 Å². The van der Waals surface area contributed by atoms with Gasteiger partial charge in [0.05, 0.1) is 10.6 Å². The van der Waals surface area contributed by atoms with Crippen LogP contribution >= 0.6 is 23.2 Å². The van der Waals surface area contributed by atoms with Gasteiger partial charge in [-0.25, -0.2) is 4.98 Å². The predicted octanol–water partition coefficient (Wildman–Crippen LogP) is 5.26. The first-order valence-electron chi connectivity index (χ1n) is 7.75. The number of rotatable bonds is 4. The number of aliphatic imine (C=N–C) groups is 1. The molecule has 0 bridgehead atoms. The molecule has 0 aliphatic carbocycles. The van der Waals surface area contributed by atoms with Gasteiger partial charge in [-0.05, 0) is 36.6 Å². The summed E-state index contributed by atoms with van der Waals surface area (Å²) in [4.78, 5) is 8.83. The van der Waals surface area contributed by atoms with Gasteiger partial charge in [0, 0.05) is 23.3 Å². The van der Waals surface area contributed by atoms with E-state index in [0.29, 0.717) is 27.9 Å². The third-order valence-corrected chi connectivity index (χ3v) is 3.72. The fourth-order valence-corrected chi connectivity index (χ4v) is 2.27. The number of benzene rings is 1. The second kappa shape index (κ2) is 8.04. The van der Waals surface area contributed by atoms with E-state index in [1.165, 1.54) is 0 Å². The van der Waals surface area contributed by atoms with Crippen LogP contribution in [0.3, 0.4) is 0 Å². The summed E-state index contributed by atoms with van der Waals surface area (Å²) in [5.74, 6) is 0.926. The number of aromatic nitrogens is 1. The maximum absolute atomic E-state index is 9.52. The molecule has 0 saturated carbocycles. The zero-order valence-corrected chi connectivity index (χ0v) is 16.1. The molecule has 2 aromatic rings. The third-order valence-electron chi connectivity index (χ3n) is 3.17. The van der Waals surface area contributed by atoms with E-state index >= 15 is 0 Å². The van der Waals surface area contributed by atoms with Crippen molar-refractivity contribution in [1.82, 2.24) is 10.5 Å². The first kappa shape index (κ1) is 19.5. The van der Waals surface area contributed by atoms with Gasteiger partial charge in [0.1, 0.15) is 5.75 Å². The number of ether oxygens (including phenoxy) is 1. The summed E-state index contributed by atoms with van der Waals surface area (Å²) < 4.78 is 5.86. The van der Waals surface area contributed by atoms with Crippen molar-refractivity contribution in [2.45, 2.75) is 27.7 Å². The first-order chi connectivity index (χ1) is 11.7. The van der Waals surface area contributed by atoms with Crippen LogP contribution in [0.2, 0.25) is 10.0 Å². The van der Waals surface area contributed by atoms with Crippen molar-refractivity contribution in [3.63, 3.8) is 0 Å². The average molecular weight is 382 g/mol. The molecule has 1 heterocycles. The number of aryl methyl sites for hydroxylation is 1. The van der Waals surface area contributed by atoms with E-state index in [-0.39, 0.29) is 17.1 Å². The summed E-state index contributed by atoms with van der Waals surface area (Å²) in [5, 5.41) is 10.4. The van der Waals surface area contributed by atoms with Crippen LogP contribution in [0.15, 0.2) is 35.3 Å². The van der Waals surface area contributed by atoms with Crippen LogP contribution in [0.1, 0.15) is 32.0 Å². The van der Waals surface area contributed by atoms with Gasteiger partial charge in [0.25, 0.3) is 0 Å². The molecule has 2 N–H and O–H groups in total. The van der Waals surface area contributed by atoms with Gasteiger partial charge in [-0.3, -0.25) is 15.7 Å². The number of hydrogen-bond donors (Lipinski definition) is 2. The molecule has 25 heavy (non-hydrogen) atoms.